The van der Waals surface area contributed by atoms with Gasteiger partial charge in [0.05, 0.1) is 7.11 Å². The summed E-state index contributed by atoms with van der Waals surface area (Å²) >= 11 is 0. The van der Waals surface area contributed by atoms with E-state index in [1.54, 1.807) is 7.11 Å². The van der Waals surface area contributed by atoms with Crippen molar-refractivity contribution in [2.45, 2.75) is 66.3 Å². The Morgan fingerprint density at radius 3 is 2.38 bits per heavy atom. The van der Waals surface area contributed by atoms with Crippen LogP contribution in [0, 0.1) is 25.2 Å². The number of rotatable bonds is 3. The maximum atomic E-state index is 5.56. The van der Waals surface area contributed by atoms with Crippen LogP contribution in [0.5, 0.6) is 5.75 Å². The third kappa shape index (κ3) is 3.53. The number of methoxy groups -OCH3 is 1. The fraction of sp³-hybridized carbons (Fsp3) is 0.684. The minimum atomic E-state index is 0.362. The monoisotopic (exact) mass is 289 g/mol. The Hall–Kier alpha value is -1.18. The lowest BCUT2D eigenvalue weighted by atomic mass is 9.69. The SMILES string of the molecule is COc1c(C)ccc(NC2CCCCC2C(C)(C)C)c1C. The van der Waals surface area contributed by atoms with Crippen molar-refractivity contribution in [2.24, 2.45) is 11.3 Å². The third-order valence-corrected chi connectivity index (χ3v) is 5.03. The van der Waals surface area contributed by atoms with E-state index in [0.29, 0.717) is 11.5 Å². The fourth-order valence-corrected chi connectivity index (χ4v) is 3.84. The van der Waals surface area contributed by atoms with Gasteiger partial charge in [0.15, 0.2) is 0 Å². The van der Waals surface area contributed by atoms with Crippen molar-refractivity contribution in [1.29, 1.82) is 0 Å². The Morgan fingerprint density at radius 1 is 1.10 bits per heavy atom. The number of aryl methyl sites for hydroxylation is 1. The predicted molar refractivity (Wildman–Crippen MR) is 91.3 cm³/mol. The summed E-state index contributed by atoms with van der Waals surface area (Å²) < 4.78 is 5.56. The number of hydrogen-bond acceptors (Lipinski definition) is 2. The lowest BCUT2D eigenvalue weighted by molar-refractivity contribution is 0.163. The molecule has 0 aromatic heterocycles. The van der Waals surface area contributed by atoms with Gasteiger partial charge in [-0.2, -0.15) is 0 Å². The van der Waals surface area contributed by atoms with Crippen LogP contribution in [-0.4, -0.2) is 13.2 Å². The Morgan fingerprint density at radius 2 is 1.76 bits per heavy atom. The number of benzene rings is 1. The molecule has 1 aromatic rings. The van der Waals surface area contributed by atoms with Gasteiger partial charge < -0.3 is 10.1 Å². The molecular formula is C19H31NO. The maximum absolute atomic E-state index is 5.56. The van der Waals surface area contributed by atoms with Crippen LogP contribution in [0.2, 0.25) is 0 Å². The van der Waals surface area contributed by atoms with Gasteiger partial charge in [0.25, 0.3) is 0 Å². The summed E-state index contributed by atoms with van der Waals surface area (Å²) in [4.78, 5) is 0. The zero-order chi connectivity index (χ0) is 15.6. The third-order valence-electron chi connectivity index (χ3n) is 5.03. The van der Waals surface area contributed by atoms with Gasteiger partial charge in [0.2, 0.25) is 0 Å². The molecule has 0 aliphatic heterocycles. The first-order valence-corrected chi connectivity index (χ1v) is 8.25. The van der Waals surface area contributed by atoms with Gasteiger partial charge in [0.1, 0.15) is 5.75 Å². The lowest BCUT2D eigenvalue weighted by Gasteiger charge is -2.41. The highest BCUT2D eigenvalue weighted by Crippen LogP contribution is 2.40. The zero-order valence-electron chi connectivity index (χ0n) is 14.5. The topological polar surface area (TPSA) is 21.3 Å². The number of ether oxygens (including phenoxy) is 1. The molecular weight excluding hydrogens is 258 g/mol. The molecule has 21 heavy (non-hydrogen) atoms. The second kappa shape index (κ2) is 6.29. The first-order chi connectivity index (χ1) is 9.84. The summed E-state index contributed by atoms with van der Waals surface area (Å²) in [6, 6.07) is 4.94. The molecule has 0 heterocycles. The molecule has 2 atom stereocenters. The molecule has 0 saturated heterocycles. The minimum Gasteiger partial charge on any atom is -0.496 e. The van der Waals surface area contributed by atoms with Crippen LogP contribution in [0.25, 0.3) is 0 Å². The normalized spacial score (nSPS) is 23.0. The summed E-state index contributed by atoms with van der Waals surface area (Å²) in [7, 11) is 1.76. The van der Waals surface area contributed by atoms with Crippen molar-refractivity contribution >= 4 is 5.69 Å². The van der Waals surface area contributed by atoms with Crippen LogP contribution in [0.3, 0.4) is 0 Å². The average molecular weight is 289 g/mol. The quantitative estimate of drug-likeness (QED) is 0.812. The molecule has 2 unspecified atom stereocenters. The number of nitrogens with one attached hydrogen (secondary N) is 1. The van der Waals surface area contributed by atoms with E-state index in [1.807, 2.05) is 0 Å². The number of anilines is 1. The minimum absolute atomic E-state index is 0.362. The van der Waals surface area contributed by atoms with Crippen LogP contribution in [0.15, 0.2) is 12.1 Å². The van der Waals surface area contributed by atoms with Crippen LogP contribution < -0.4 is 10.1 Å². The average Bonchev–Trinajstić information content (AvgIpc) is 2.42. The molecule has 2 rings (SSSR count). The van der Waals surface area contributed by atoms with E-state index in [1.165, 1.54) is 42.5 Å². The summed E-state index contributed by atoms with van der Waals surface area (Å²) in [6.45, 7) is 11.4. The maximum Gasteiger partial charge on any atom is 0.126 e. The first-order valence-electron chi connectivity index (χ1n) is 8.25. The van der Waals surface area contributed by atoms with Gasteiger partial charge in [-0.3, -0.25) is 0 Å². The molecule has 1 aliphatic carbocycles. The van der Waals surface area contributed by atoms with Crippen LogP contribution in [-0.2, 0) is 0 Å². The van der Waals surface area contributed by atoms with Gasteiger partial charge in [-0.1, -0.05) is 39.7 Å². The molecule has 0 amide bonds. The molecule has 2 nitrogen and oxygen atoms in total. The lowest BCUT2D eigenvalue weighted by Crippen LogP contribution is -2.39. The Kier molecular flexibility index (Phi) is 4.85. The molecule has 118 valence electrons. The van der Waals surface area contributed by atoms with E-state index in [9.17, 15) is 0 Å². The van der Waals surface area contributed by atoms with E-state index in [4.69, 9.17) is 4.74 Å². The summed E-state index contributed by atoms with van der Waals surface area (Å²) in [5.41, 5.74) is 4.03. The first kappa shape index (κ1) is 16.2. The van der Waals surface area contributed by atoms with Crippen molar-refractivity contribution in [2.75, 3.05) is 12.4 Å². The molecule has 0 radical (unpaired) electrons. The Balaban J connectivity index is 2.24. The second-order valence-corrected chi connectivity index (χ2v) is 7.60. The fourth-order valence-electron chi connectivity index (χ4n) is 3.84. The molecule has 0 spiro atoms. The molecule has 1 aromatic carbocycles. The molecule has 2 heteroatoms. The predicted octanol–water partition coefficient (Wildman–Crippen LogP) is 5.33. The van der Waals surface area contributed by atoms with Gasteiger partial charge in [0, 0.05) is 17.3 Å². The van der Waals surface area contributed by atoms with E-state index in [0.717, 1.165) is 11.7 Å². The van der Waals surface area contributed by atoms with Gasteiger partial charge in [-0.15, -0.1) is 0 Å². The van der Waals surface area contributed by atoms with Crippen LogP contribution in [0.4, 0.5) is 5.69 Å². The second-order valence-electron chi connectivity index (χ2n) is 7.60. The zero-order valence-corrected chi connectivity index (χ0v) is 14.5. The van der Waals surface area contributed by atoms with Crippen molar-refractivity contribution in [3.05, 3.63) is 23.3 Å². The van der Waals surface area contributed by atoms with Crippen molar-refractivity contribution in [3.8, 4) is 5.75 Å². The van der Waals surface area contributed by atoms with Crippen molar-refractivity contribution in [1.82, 2.24) is 0 Å². The highest BCUT2D eigenvalue weighted by atomic mass is 16.5. The summed E-state index contributed by atoms with van der Waals surface area (Å²) in [6.07, 6.45) is 5.32. The molecule has 1 fully saturated rings. The largest absolute Gasteiger partial charge is 0.496 e. The van der Waals surface area contributed by atoms with Gasteiger partial charge in [-0.25, -0.2) is 0 Å². The summed E-state index contributed by atoms with van der Waals surface area (Å²) in [5.74, 6) is 1.75. The molecule has 0 bridgehead atoms. The molecule has 1 N–H and O–H groups in total. The van der Waals surface area contributed by atoms with E-state index >= 15 is 0 Å². The highest BCUT2D eigenvalue weighted by Gasteiger charge is 2.34. The Bertz CT molecular complexity index is 487. The Labute approximate surface area is 130 Å². The standard InChI is InChI=1S/C19H31NO/c1-13-11-12-16(14(2)18(13)21-6)20-17-10-8-7-9-15(17)19(3,4)5/h11-12,15,17,20H,7-10H2,1-6H3. The van der Waals surface area contributed by atoms with E-state index in [-0.39, 0.29) is 0 Å². The van der Waals surface area contributed by atoms with Gasteiger partial charge in [-0.05, 0) is 49.7 Å². The van der Waals surface area contributed by atoms with Crippen molar-refractivity contribution < 1.29 is 4.74 Å². The van der Waals surface area contributed by atoms with E-state index in [2.05, 4.69) is 52.1 Å². The van der Waals surface area contributed by atoms with E-state index < -0.39 is 0 Å². The smallest absolute Gasteiger partial charge is 0.126 e. The highest BCUT2D eigenvalue weighted by molar-refractivity contribution is 5.60. The summed E-state index contributed by atoms with van der Waals surface area (Å²) in [5, 5.41) is 3.83. The van der Waals surface area contributed by atoms with Gasteiger partial charge >= 0.3 is 0 Å². The molecule has 1 saturated carbocycles. The number of hydrogen-bond donors (Lipinski definition) is 1. The molecule has 1 aliphatic rings. The van der Waals surface area contributed by atoms with Crippen molar-refractivity contribution in [3.63, 3.8) is 0 Å². The van der Waals surface area contributed by atoms with Crippen LogP contribution in [0.1, 0.15) is 57.6 Å². The van der Waals surface area contributed by atoms with Crippen LogP contribution >= 0.6 is 0 Å².